The van der Waals surface area contributed by atoms with Crippen LogP contribution in [0.25, 0.3) is 0 Å². The van der Waals surface area contributed by atoms with Crippen molar-refractivity contribution in [3.8, 4) is 0 Å². The second-order valence-electron chi connectivity index (χ2n) is 4.23. The maximum atomic E-state index is 8.64. The first-order chi connectivity index (χ1) is 7.93. The molecule has 1 aromatic heterocycles. The van der Waals surface area contributed by atoms with Crippen LogP contribution in [0.3, 0.4) is 0 Å². The summed E-state index contributed by atoms with van der Waals surface area (Å²) in [6.07, 6.45) is 0. The largest absolute Gasteiger partial charge is 0.409 e. The van der Waals surface area contributed by atoms with Gasteiger partial charge >= 0.3 is 0 Å². The minimum atomic E-state index is 0.00884. The number of nitrogens with two attached hydrogens (primary N) is 1. The quantitative estimate of drug-likeness (QED) is 0.214. The normalized spacial score (nSPS) is 14.1. The van der Waals surface area contributed by atoms with E-state index in [4.69, 9.17) is 10.9 Å². The maximum Gasteiger partial charge on any atom is 0.188 e. The van der Waals surface area contributed by atoms with Crippen molar-refractivity contribution in [2.75, 3.05) is 0 Å². The Morgan fingerprint density at radius 2 is 2.06 bits per heavy atom. The third-order valence-corrected chi connectivity index (χ3v) is 3.74. The second kappa shape index (κ2) is 5.86. The lowest BCUT2D eigenvalue weighted by molar-refractivity contribution is 0.318. The van der Waals surface area contributed by atoms with Crippen LogP contribution in [0, 0.1) is 12.8 Å². The summed E-state index contributed by atoms with van der Waals surface area (Å²) < 4.78 is 0. The van der Waals surface area contributed by atoms with Gasteiger partial charge in [-0.25, -0.2) is 9.97 Å². The summed E-state index contributed by atoms with van der Waals surface area (Å²) in [5.41, 5.74) is 6.79. The molecule has 1 heterocycles. The molecule has 6 heteroatoms. The van der Waals surface area contributed by atoms with E-state index in [1.54, 1.807) is 17.8 Å². The van der Waals surface area contributed by atoms with Crippen LogP contribution in [0.5, 0.6) is 0 Å². The van der Waals surface area contributed by atoms with E-state index in [2.05, 4.69) is 35.9 Å². The minimum absolute atomic E-state index is 0.00884. The summed E-state index contributed by atoms with van der Waals surface area (Å²) in [4.78, 5) is 8.60. The average Bonchev–Trinajstić information content (AvgIpc) is 2.26. The maximum absolute atomic E-state index is 8.64. The number of nitrogens with zero attached hydrogens (tertiary/aromatic N) is 3. The first-order valence-electron chi connectivity index (χ1n) is 5.44. The molecule has 0 saturated heterocycles. The summed E-state index contributed by atoms with van der Waals surface area (Å²) >= 11 is 1.59. The van der Waals surface area contributed by atoms with E-state index in [9.17, 15) is 0 Å². The third-order valence-electron chi connectivity index (χ3n) is 2.43. The lowest BCUT2D eigenvalue weighted by atomic mass is 10.2. The zero-order valence-electron chi connectivity index (χ0n) is 10.5. The van der Waals surface area contributed by atoms with Crippen molar-refractivity contribution in [1.82, 2.24) is 9.97 Å². The van der Waals surface area contributed by atoms with Crippen molar-refractivity contribution in [2.45, 2.75) is 38.1 Å². The van der Waals surface area contributed by atoms with Crippen LogP contribution in [0.15, 0.2) is 16.4 Å². The van der Waals surface area contributed by atoms with E-state index in [1.165, 1.54) is 0 Å². The molecule has 0 aliphatic carbocycles. The van der Waals surface area contributed by atoms with Gasteiger partial charge in [-0.1, -0.05) is 37.7 Å². The fraction of sp³-hybridized carbons (Fsp3) is 0.545. The molecule has 0 aromatic carbocycles. The van der Waals surface area contributed by atoms with Gasteiger partial charge in [0.1, 0.15) is 5.69 Å². The molecule has 5 nitrogen and oxygen atoms in total. The summed E-state index contributed by atoms with van der Waals surface area (Å²) in [7, 11) is 0. The molecule has 3 N–H and O–H groups in total. The highest BCUT2D eigenvalue weighted by atomic mass is 32.2. The van der Waals surface area contributed by atoms with E-state index in [0.29, 0.717) is 22.0 Å². The zero-order chi connectivity index (χ0) is 13.0. The number of hydrogen-bond acceptors (Lipinski definition) is 5. The first-order valence-corrected chi connectivity index (χ1v) is 6.32. The van der Waals surface area contributed by atoms with Gasteiger partial charge in [-0.05, 0) is 18.9 Å². The van der Waals surface area contributed by atoms with Crippen molar-refractivity contribution in [3.63, 3.8) is 0 Å². The average molecular weight is 254 g/mol. The van der Waals surface area contributed by atoms with E-state index in [-0.39, 0.29) is 5.84 Å². The van der Waals surface area contributed by atoms with Crippen LogP contribution in [0.2, 0.25) is 0 Å². The Balaban J connectivity index is 2.98. The number of hydrogen-bond donors (Lipinski definition) is 2. The van der Waals surface area contributed by atoms with E-state index >= 15 is 0 Å². The molecule has 0 saturated carbocycles. The molecule has 1 aromatic rings. The number of amidine groups is 1. The Labute approximate surface area is 106 Å². The van der Waals surface area contributed by atoms with Gasteiger partial charge in [-0.2, -0.15) is 0 Å². The van der Waals surface area contributed by atoms with E-state index < -0.39 is 0 Å². The lowest BCUT2D eigenvalue weighted by Gasteiger charge is -2.14. The van der Waals surface area contributed by atoms with Crippen LogP contribution >= 0.6 is 11.8 Å². The van der Waals surface area contributed by atoms with Gasteiger partial charge < -0.3 is 10.9 Å². The van der Waals surface area contributed by atoms with Crippen molar-refractivity contribution in [3.05, 3.63) is 17.5 Å². The molecule has 0 radical (unpaired) electrons. The Hall–Kier alpha value is -1.30. The Bertz CT molecular complexity index is 420. The zero-order valence-corrected chi connectivity index (χ0v) is 11.3. The Morgan fingerprint density at radius 1 is 1.41 bits per heavy atom. The van der Waals surface area contributed by atoms with Gasteiger partial charge in [0.05, 0.1) is 0 Å². The smallest absolute Gasteiger partial charge is 0.188 e. The molecule has 0 bridgehead atoms. The van der Waals surface area contributed by atoms with Crippen LogP contribution in [0.1, 0.15) is 32.2 Å². The molecule has 94 valence electrons. The molecular weight excluding hydrogens is 236 g/mol. The van der Waals surface area contributed by atoms with Gasteiger partial charge in [-0.3, -0.25) is 0 Å². The standard InChI is InChI=1S/C11H18N4OS/c1-6(2)8(4)17-11-13-7(3)5-9(14-11)10(12)15-16/h5-6,8,16H,1-4H3,(H2,12,15). The molecule has 0 amide bonds. The van der Waals surface area contributed by atoms with Crippen molar-refractivity contribution in [1.29, 1.82) is 0 Å². The van der Waals surface area contributed by atoms with E-state index in [0.717, 1.165) is 5.69 Å². The molecule has 0 aliphatic heterocycles. The fourth-order valence-electron chi connectivity index (χ4n) is 1.08. The molecule has 1 rings (SSSR count). The van der Waals surface area contributed by atoms with Gasteiger partial charge in [-0.15, -0.1) is 0 Å². The molecule has 17 heavy (non-hydrogen) atoms. The summed E-state index contributed by atoms with van der Waals surface area (Å²) in [6, 6.07) is 1.69. The molecular formula is C11H18N4OS. The first kappa shape index (κ1) is 13.8. The van der Waals surface area contributed by atoms with Crippen LogP contribution in [-0.4, -0.2) is 26.3 Å². The van der Waals surface area contributed by atoms with Gasteiger partial charge in [0, 0.05) is 10.9 Å². The predicted molar refractivity (Wildman–Crippen MR) is 69.4 cm³/mol. The van der Waals surface area contributed by atoms with Gasteiger partial charge in [0.15, 0.2) is 11.0 Å². The number of thioether (sulfide) groups is 1. The minimum Gasteiger partial charge on any atom is -0.409 e. The van der Waals surface area contributed by atoms with Crippen molar-refractivity contribution >= 4 is 17.6 Å². The van der Waals surface area contributed by atoms with Crippen LogP contribution < -0.4 is 5.73 Å². The van der Waals surface area contributed by atoms with E-state index in [1.807, 2.05) is 6.92 Å². The third kappa shape index (κ3) is 3.89. The number of oxime groups is 1. The van der Waals surface area contributed by atoms with Gasteiger partial charge in [0.25, 0.3) is 0 Å². The van der Waals surface area contributed by atoms with Crippen molar-refractivity contribution < 1.29 is 5.21 Å². The molecule has 0 fully saturated rings. The topological polar surface area (TPSA) is 84.4 Å². The fourth-order valence-corrected chi connectivity index (χ4v) is 2.03. The van der Waals surface area contributed by atoms with Gasteiger partial charge in [0.2, 0.25) is 0 Å². The predicted octanol–water partition coefficient (Wildman–Crippen LogP) is 2.02. The number of aromatic nitrogens is 2. The Kier molecular flexibility index (Phi) is 4.74. The summed E-state index contributed by atoms with van der Waals surface area (Å²) in [5, 5.41) is 12.7. The molecule has 0 aliphatic rings. The number of rotatable bonds is 4. The highest BCUT2D eigenvalue weighted by molar-refractivity contribution is 7.99. The molecule has 0 spiro atoms. The second-order valence-corrected chi connectivity index (χ2v) is 5.57. The SMILES string of the molecule is Cc1cc(/C(N)=N/O)nc(SC(C)C(C)C)n1. The lowest BCUT2D eigenvalue weighted by Crippen LogP contribution is -2.16. The highest BCUT2D eigenvalue weighted by Crippen LogP contribution is 2.25. The van der Waals surface area contributed by atoms with Crippen LogP contribution in [0.4, 0.5) is 0 Å². The van der Waals surface area contributed by atoms with Crippen LogP contribution in [-0.2, 0) is 0 Å². The Morgan fingerprint density at radius 3 is 2.59 bits per heavy atom. The monoisotopic (exact) mass is 254 g/mol. The molecule has 1 atom stereocenters. The molecule has 1 unspecified atom stereocenters. The highest BCUT2D eigenvalue weighted by Gasteiger charge is 2.13. The van der Waals surface area contributed by atoms with Crippen molar-refractivity contribution in [2.24, 2.45) is 16.8 Å². The number of aryl methyl sites for hydroxylation is 1. The summed E-state index contributed by atoms with van der Waals surface area (Å²) in [5.74, 6) is 0.547. The summed E-state index contributed by atoms with van der Waals surface area (Å²) in [6.45, 7) is 8.29.